The molecule has 0 spiro atoms. The van der Waals surface area contributed by atoms with E-state index in [1.807, 2.05) is 0 Å². The van der Waals surface area contributed by atoms with Gasteiger partial charge in [0, 0.05) is 22.2 Å². The average molecular weight is 565 g/mol. The molecule has 3 aromatic rings. The molecule has 2 unspecified atom stereocenters. The maximum absolute atomic E-state index is 4.02. The molecule has 0 aliphatic heterocycles. The van der Waals surface area contributed by atoms with Crippen molar-refractivity contribution in [3.8, 4) is 0 Å². The highest BCUT2D eigenvalue weighted by atomic mass is 28.3. The molecule has 0 amide bonds. The minimum Gasteiger partial charge on any atom is -0.332 e. The van der Waals surface area contributed by atoms with E-state index in [1.165, 1.54) is 44.5 Å². The summed E-state index contributed by atoms with van der Waals surface area (Å²) in [5.74, 6) is 0. The highest BCUT2D eigenvalue weighted by Gasteiger charge is 2.41. The molecule has 5 rings (SSSR count). The molecule has 40 heavy (non-hydrogen) atoms. The van der Waals surface area contributed by atoms with Crippen molar-refractivity contribution in [2.75, 3.05) is 0 Å². The molecule has 0 saturated carbocycles. The van der Waals surface area contributed by atoms with Crippen molar-refractivity contribution in [3.63, 3.8) is 0 Å². The van der Waals surface area contributed by atoms with Gasteiger partial charge >= 0.3 is 0 Å². The monoisotopic (exact) mass is 564 g/mol. The van der Waals surface area contributed by atoms with E-state index >= 15 is 0 Å². The van der Waals surface area contributed by atoms with Crippen LogP contribution in [-0.4, -0.2) is 27.5 Å². The van der Waals surface area contributed by atoms with Crippen LogP contribution in [0.4, 0.5) is 0 Å². The van der Waals surface area contributed by atoms with Gasteiger partial charge in [0.25, 0.3) is 0 Å². The number of benzene rings is 3. The Morgan fingerprint density at radius 1 is 0.500 bits per heavy atom. The van der Waals surface area contributed by atoms with Crippen LogP contribution in [-0.2, 0) is 0 Å². The Balaban J connectivity index is 1.50. The lowest BCUT2D eigenvalue weighted by Gasteiger charge is -2.37. The van der Waals surface area contributed by atoms with E-state index in [4.69, 9.17) is 0 Å². The van der Waals surface area contributed by atoms with E-state index in [1.54, 1.807) is 0 Å². The van der Waals surface area contributed by atoms with E-state index in [2.05, 4.69) is 163 Å². The molecule has 0 aromatic heterocycles. The predicted octanol–water partition coefficient (Wildman–Crippen LogP) is 9.01. The van der Waals surface area contributed by atoms with E-state index in [0.717, 1.165) is 0 Å². The summed E-state index contributed by atoms with van der Waals surface area (Å²) in [6, 6.07) is 27.5. The summed E-state index contributed by atoms with van der Waals surface area (Å²) in [5.41, 5.74) is 12.2. The number of fused-ring (bicyclic) bond motifs is 2. The molecule has 0 bridgehead atoms. The average Bonchev–Trinajstić information content (AvgIpc) is 3.42. The summed E-state index contributed by atoms with van der Waals surface area (Å²) in [6.45, 7) is 23.6. The zero-order chi connectivity index (χ0) is 29.1. The number of rotatable bonds is 6. The highest BCUT2D eigenvalue weighted by Crippen LogP contribution is 2.46. The lowest BCUT2D eigenvalue weighted by molar-refractivity contribution is 0.508. The maximum atomic E-state index is 4.02. The van der Waals surface area contributed by atoms with Crippen molar-refractivity contribution < 1.29 is 0 Å². The molecule has 2 N–H and O–H groups in total. The summed E-state index contributed by atoms with van der Waals surface area (Å²) in [6.07, 6.45) is 5.11. The zero-order valence-electron chi connectivity index (χ0n) is 26.2. The van der Waals surface area contributed by atoms with E-state index in [0.29, 0.717) is 11.1 Å². The predicted molar refractivity (Wildman–Crippen MR) is 180 cm³/mol. The van der Waals surface area contributed by atoms with Gasteiger partial charge in [-0.05, 0) is 86.1 Å². The second-order valence-electron chi connectivity index (χ2n) is 15.1. The van der Waals surface area contributed by atoms with Crippen LogP contribution in [0.1, 0.15) is 86.0 Å². The molecule has 0 fully saturated rings. The van der Waals surface area contributed by atoms with Gasteiger partial charge in [-0.15, -0.1) is 0 Å². The first kappa shape index (κ1) is 29.0. The fourth-order valence-electron chi connectivity index (χ4n) is 7.33. The lowest BCUT2D eigenvalue weighted by Crippen LogP contribution is -2.57. The van der Waals surface area contributed by atoms with Crippen LogP contribution in [0.25, 0.3) is 11.1 Å². The van der Waals surface area contributed by atoms with Crippen molar-refractivity contribution in [2.45, 2.75) is 89.9 Å². The molecule has 2 aliphatic rings. The topological polar surface area (TPSA) is 24.1 Å². The minimum absolute atomic E-state index is 0.103. The lowest BCUT2D eigenvalue weighted by atomic mass is 9.95. The van der Waals surface area contributed by atoms with Gasteiger partial charge in [0.1, 0.15) is 16.5 Å². The molecule has 2 nitrogen and oxygen atoms in total. The Kier molecular flexibility index (Phi) is 7.32. The van der Waals surface area contributed by atoms with E-state index in [-0.39, 0.29) is 11.1 Å². The first-order valence-corrected chi connectivity index (χ1v) is 21.0. The molecule has 210 valence electrons. The SMILES string of the molecule is CC(C)(C)N[Si](C)(C)C1C=C(c2ccc(C3=CC([Si](C)(C)NC(C)(C)C)c4ccccc43)cc2)c2ccccc21. The number of allylic oxidation sites excluding steroid dienone is 2. The third kappa shape index (κ3) is 5.78. The summed E-state index contributed by atoms with van der Waals surface area (Å²) in [5, 5.41) is 0. The first-order chi connectivity index (χ1) is 18.6. The van der Waals surface area contributed by atoms with Gasteiger partial charge in [0.15, 0.2) is 0 Å². The van der Waals surface area contributed by atoms with Crippen LogP contribution in [0.3, 0.4) is 0 Å². The van der Waals surface area contributed by atoms with Crippen LogP contribution in [0.5, 0.6) is 0 Å². The molecule has 0 heterocycles. The molecule has 2 aliphatic carbocycles. The van der Waals surface area contributed by atoms with Crippen LogP contribution in [0.15, 0.2) is 84.9 Å². The second kappa shape index (κ2) is 10.1. The number of nitrogens with one attached hydrogen (secondary N) is 2. The molecule has 0 radical (unpaired) electrons. The summed E-state index contributed by atoms with van der Waals surface area (Å²) >= 11 is 0. The summed E-state index contributed by atoms with van der Waals surface area (Å²) in [7, 11) is -3.57. The molecular formula is C36H48N2Si2. The van der Waals surface area contributed by atoms with Crippen molar-refractivity contribution in [1.29, 1.82) is 0 Å². The maximum Gasteiger partial charge on any atom is 0.131 e. The zero-order valence-corrected chi connectivity index (χ0v) is 28.2. The largest absolute Gasteiger partial charge is 0.332 e. The van der Waals surface area contributed by atoms with Gasteiger partial charge in [-0.2, -0.15) is 0 Å². The van der Waals surface area contributed by atoms with Gasteiger partial charge in [-0.1, -0.05) is 111 Å². The van der Waals surface area contributed by atoms with Crippen LogP contribution in [0.2, 0.25) is 26.2 Å². The smallest absolute Gasteiger partial charge is 0.131 e. The molecule has 0 saturated heterocycles. The Morgan fingerprint density at radius 3 is 1.15 bits per heavy atom. The second-order valence-corrected chi connectivity index (χ2v) is 23.7. The normalized spacial score (nSPS) is 19.2. The van der Waals surface area contributed by atoms with Gasteiger partial charge < -0.3 is 9.96 Å². The Hall–Kier alpha value is -2.51. The minimum atomic E-state index is -1.78. The van der Waals surface area contributed by atoms with E-state index in [9.17, 15) is 0 Å². The number of hydrogen-bond donors (Lipinski definition) is 2. The van der Waals surface area contributed by atoms with Crippen LogP contribution in [0, 0.1) is 0 Å². The third-order valence-electron chi connectivity index (χ3n) is 8.29. The summed E-state index contributed by atoms with van der Waals surface area (Å²) in [4.78, 5) is 8.04. The quantitative estimate of drug-likeness (QED) is 0.292. The summed E-state index contributed by atoms with van der Waals surface area (Å²) < 4.78 is 0. The van der Waals surface area contributed by atoms with Gasteiger partial charge in [-0.25, -0.2) is 0 Å². The Morgan fingerprint density at radius 2 is 0.825 bits per heavy atom. The standard InChI is InChI=1S/C36H48N2Si2/c1-35(2,3)37-39(7,8)33-23-31(27-15-11-13-17-29(27)33)25-19-21-26(22-20-25)32-24-34(30-18-14-12-16-28(30)32)40(9,10)38-36(4,5)6/h11-24,33-34,37-38H,1-10H3. The van der Waals surface area contributed by atoms with Gasteiger partial charge in [-0.3, -0.25) is 0 Å². The van der Waals surface area contributed by atoms with Crippen LogP contribution < -0.4 is 9.96 Å². The van der Waals surface area contributed by atoms with Crippen molar-refractivity contribution in [1.82, 2.24) is 9.96 Å². The van der Waals surface area contributed by atoms with Crippen LogP contribution >= 0.6 is 0 Å². The van der Waals surface area contributed by atoms with Crippen molar-refractivity contribution in [3.05, 3.63) is 118 Å². The molecular weight excluding hydrogens is 517 g/mol. The van der Waals surface area contributed by atoms with E-state index < -0.39 is 16.5 Å². The number of hydrogen-bond acceptors (Lipinski definition) is 2. The Labute approximate surface area is 245 Å². The third-order valence-corrected chi connectivity index (χ3v) is 15.1. The van der Waals surface area contributed by atoms with Crippen molar-refractivity contribution in [2.24, 2.45) is 0 Å². The van der Waals surface area contributed by atoms with Gasteiger partial charge in [0.05, 0.1) is 0 Å². The molecule has 2 atom stereocenters. The fourth-order valence-corrected chi connectivity index (χ4v) is 14.7. The highest BCUT2D eigenvalue weighted by molar-refractivity contribution is 6.77. The fraction of sp³-hybridized carbons (Fsp3) is 0.389. The molecule has 4 heteroatoms. The first-order valence-electron chi connectivity index (χ1n) is 14.9. The van der Waals surface area contributed by atoms with Gasteiger partial charge in [0.2, 0.25) is 0 Å². The van der Waals surface area contributed by atoms with Crippen molar-refractivity contribution >= 4 is 27.6 Å². The molecule has 3 aromatic carbocycles. The Bertz CT molecular complexity index is 1350.